The van der Waals surface area contributed by atoms with Gasteiger partial charge in [-0.3, -0.25) is 4.57 Å². The molecule has 0 aliphatic heterocycles. The normalized spacial score (nSPS) is 26.4. The highest BCUT2D eigenvalue weighted by atomic mass is 32.1. The minimum atomic E-state index is -3.02. The van der Waals surface area contributed by atoms with Gasteiger partial charge in [-0.05, 0) is 48.8 Å². The van der Waals surface area contributed by atoms with E-state index in [0.717, 1.165) is 15.0 Å². The van der Waals surface area contributed by atoms with Gasteiger partial charge < -0.3 is 15.1 Å². The Kier molecular flexibility index (Phi) is 8.29. The van der Waals surface area contributed by atoms with E-state index in [1.807, 2.05) is 6.07 Å². The van der Waals surface area contributed by atoms with E-state index in [-0.39, 0.29) is 30.2 Å². The lowest BCUT2D eigenvalue weighted by Crippen LogP contribution is -2.21. The van der Waals surface area contributed by atoms with Gasteiger partial charge in [-0.25, -0.2) is 8.78 Å². The molecule has 6 atom stereocenters. The van der Waals surface area contributed by atoms with Crippen molar-refractivity contribution in [1.29, 1.82) is 0 Å². The first-order valence-electron chi connectivity index (χ1n) is 10.6. The number of aliphatic hydroxyl groups excluding tert-OH is 2. The molecule has 0 radical (unpaired) electrons. The third-order valence-electron chi connectivity index (χ3n) is 5.92. The Morgan fingerprint density at radius 3 is 2.81 bits per heavy atom. The Morgan fingerprint density at radius 1 is 1.29 bits per heavy atom. The molecule has 1 aliphatic rings. The second-order valence-corrected chi connectivity index (χ2v) is 12.2. The lowest BCUT2D eigenvalue weighted by atomic mass is 9.86. The van der Waals surface area contributed by atoms with Crippen LogP contribution in [0.2, 0.25) is 0 Å². The van der Waals surface area contributed by atoms with E-state index < -0.39 is 25.7 Å². The van der Waals surface area contributed by atoms with Crippen LogP contribution in [0.25, 0.3) is 10.1 Å². The molecule has 0 amide bonds. The molecular formula is C23H29F2O4PS. The van der Waals surface area contributed by atoms with Crippen molar-refractivity contribution in [2.24, 2.45) is 11.8 Å². The summed E-state index contributed by atoms with van der Waals surface area (Å²) < 4.78 is 40.0. The van der Waals surface area contributed by atoms with Gasteiger partial charge in [0.05, 0.1) is 12.2 Å². The van der Waals surface area contributed by atoms with Crippen molar-refractivity contribution < 1.29 is 28.5 Å². The van der Waals surface area contributed by atoms with Crippen molar-refractivity contribution in [3.05, 3.63) is 35.0 Å². The zero-order valence-electron chi connectivity index (χ0n) is 17.5. The summed E-state index contributed by atoms with van der Waals surface area (Å²) in [4.78, 5) is 10.0. The minimum absolute atomic E-state index is 0.0821. The molecule has 1 aliphatic carbocycles. The van der Waals surface area contributed by atoms with E-state index in [0.29, 0.717) is 32.1 Å². The molecule has 1 saturated carbocycles. The van der Waals surface area contributed by atoms with Crippen LogP contribution in [0.1, 0.15) is 49.5 Å². The highest BCUT2D eigenvalue weighted by Crippen LogP contribution is 2.41. The first kappa shape index (κ1) is 24.4. The zero-order valence-corrected chi connectivity index (χ0v) is 19.2. The highest BCUT2D eigenvalue weighted by Gasteiger charge is 2.42. The van der Waals surface area contributed by atoms with Crippen LogP contribution in [0, 0.1) is 29.5 Å². The number of rotatable bonds is 8. The molecule has 3 N–H and O–H groups in total. The fourth-order valence-electron chi connectivity index (χ4n) is 4.24. The van der Waals surface area contributed by atoms with E-state index in [9.17, 15) is 28.5 Å². The van der Waals surface area contributed by atoms with Crippen LogP contribution < -0.4 is 0 Å². The maximum atomic E-state index is 14.5. The minimum Gasteiger partial charge on any atom is -0.393 e. The average Bonchev–Trinajstić information content (AvgIpc) is 3.22. The highest BCUT2D eigenvalue weighted by molar-refractivity contribution is 7.57. The van der Waals surface area contributed by atoms with Gasteiger partial charge in [-0.2, -0.15) is 0 Å². The van der Waals surface area contributed by atoms with Crippen LogP contribution in [-0.2, 0) is 4.57 Å². The predicted octanol–water partition coefficient (Wildman–Crippen LogP) is 5.26. The molecule has 0 spiro atoms. The number of halogens is 2. The summed E-state index contributed by atoms with van der Waals surface area (Å²) in [6, 6.07) is 6.34. The van der Waals surface area contributed by atoms with E-state index in [1.165, 1.54) is 30.1 Å². The Hall–Kier alpha value is -1.29. The molecule has 1 aromatic heterocycles. The molecule has 1 unspecified atom stereocenters. The molecule has 1 aromatic carbocycles. The second kappa shape index (κ2) is 10.6. The number of hydrogen-bond donors (Lipinski definition) is 3. The molecule has 8 heteroatoms. The lowest BCUT2D eigenvalue weighted by Gasteiger charge is -2.22. The van der Waals surface area contributed by atoms with Gasteiger partial charge in [0.15, 0.2) is 7.37 Å². The van der Waals surface area contributed by atoms with Gasteiger partial charge in [-0.1, -0.05) is 6.07 Å². The summed E-state index contributed by atoms with van der Waals surface area (Å²) in [5.41, 5.74) is 0. The van der Waals surface area contributed by atoms with Crippen LogP contribution in [0.3, 0.4) is 0 Å². The Bertz CT molecular complexity index is 992. The Morgan fingerprint density at radius 2 is 2.06 bits per heavy atom. The van der Waals surface area contributed by atoms with Crippen LogP contribution >= 0.6 is 18.7 Å². The van der Waals surface area contributed by atoms with Crippen molar-refractivity contribution in [1.82, 2.24) is 0 Å². The van der Waals surface area contributed by atoms with Crippen LogP contribution in [-0.4, -0.2) is 40.2 Å². The average molecular weight is 471 g/mol. The fraction of sp³-hybridized carbons (Fsp3) is 0.565. The third kappa shape index (κ3) is 6.84. The van der Waals surface area contributed by atoms with Crippen molar-refractivity contribution >= 4 is 28.8 Å². The van der Waals surface area contributed by atoms with E-state index in [4.69, 9.17) is 0 Å². The molecule has 3 rings (SSSR count). The van der Waals surface area contributed by atoms with Crippen molar-refractivity contribution in [2.75, 3.05) is 12.8 Å². The molecule has 0 saturated heterocycles. The summed E-state index contributed by atoms with van der Waals surface area (Å²) in [5.74, 6) is 4.96. The molecule has 1 fully saturated rings. The molecule has 2 aromatic rings. The number of fused-ring (bicyclic) bond motifs is 1. The van der Waals surface area contributed by atoms with Gasteiger partial charge >= 0.3 is 0 Å². The number of hydrogen-bond acceptors (Lipinski definition) is 4. The fourth-order valence-corrected chi connectivity index (χ4v) is 6.09. The van der Waals surface area contributed by atoms with Crippen LogP contribution in [0.5, 0.6) is 0 Å². The summed E-state index contributed by atoms with van der Waals surface area (Å²) in [5, 5.41) is 21.7. The van der Waals surface area contributed by atoms with Crippen LogP contribution in [0.15, 0.2) is 24.3 Å². The van der Waals surface area contributed by atoms with Crippen LogP contribution in [0.4, 0.5) is 8.78 Å². The Labute approximate surface area is 185 Å². The summed E-state index contributed by atoms with van der Waals surface area (Å²) in [6.45, 7) is 1.33. The summed E-state index contributed by atoms with van der Waals surface area (Å²) in [6.07, 6.45) is -0.159. The first-order valence-corrected chi connectivity index (χ1v) is 13.7. The maximum absolute atomic E-state index is 14.5. The molecular weight excluding hydrogens is 441 g/mol. The maximum Gasteiger partial charge on any atom is 0.197 e. The smallest absolute Gasteiger partial charge is 0.197 e. The van der Waals surface area contributed by atoms with Gasteiger partial charge in [0.25, 0.3) is 0 Å². The standard InChI is InChI=1S/C23H29F2O4PS/c1-30(28,29)11-5-3-2-4-6-18-17(19(25)14-21(18)27)9-10-20(26)23-12-15-7-8-16(24)13-22(15)31-23/h7-8,12-13,17-21,26-27H,3,5-6,9-11,14H2,1H3,(H,28,29)/t17-,18-,19+,20+,21+/m1/s1. The lowest BCUT2D eigenvalue weighted by molar-refractivity contribution is 0.107. The number of benzene rings is 1. The number of thiophene rings is 1. The second-order valence-electron chi connectivity index (χ2n) is 8.51. The molecule has 170 valence electrons. The van der Waals surface area contributed by atoms with Crippen molar-refractivity contribution in [3.63, 3.8) is 0 Å². The van der Waals surface area contributed by atoms with E-state index >= 15 is 0 Å². The van der Waals surface area contributed by atoms with Gasteiger partial charge in [0.1, 0.15) is 12.0 Å². The topological polar surface area (TPSA) is 77.8 Å². The monoisotopic (exact) mass is 470 g/mol. The van der Waals surface area contributed by atoms with Gasteiger partial charge in [-0.15, -0.1) is 23.2 Å². The molecule has 0 bridgehead atoms. The molecule has 31 heavy (non-hydrogen) atoms. The van der Waals surface area contributed by atoms with Crippen molar-refractivity contribution in [2.45, 2.75) is 56.9 Å². The quantitative estimate of drug-likeness (QED) is 0.279. The Balaban J connectivity index is 1.55. The largest absolute Gasteiger partial charge is 0.393 e. The van der Waals surface area contributed by atoms with Gasteiger partial charge in [0.2, 0.25) is 0 Å². The van der Waals surface area contributed by atoms with E-state index in [1.54, 1.807) is 6.07 Å². The molecule has 1 heterocycles. The van der Waals surface area contributed by atoms with Gasteiger partial charge in [0, 0.05) is 47.6 Å². The SMILES string of the molecule is CP(=O)(O)CCCC#CC[C@@H]1[C@@H](CC[C@H](O)c2cc3ccc(F)cc3s2)[C@@H](F)C[C@@H]1O. The molecule has 4 nitrogen and oxygen atoms in total. The number of aliphatic hydroxyl groups is 2. The van der Waals surface area contributed by atoms with Crippen molar-refractivity contribution in [3.8, 4) is 11.8 Å². The third-order valence-corrected chi connectivity index (χ3v) is 8.26. The summed E-state index contributed by atoms with van der Waals surface area (Å²) in [7, 11) is -3.02. The number of unbranched alkanes of at least 4 members (excludes halogenated alkanes) is 1. The van der Waals surface area contributed by atoms with E-state index in [2.05, 4.69) is 11.8 Å². The number of alkyl halides is 1. The zero-order chi connectivity index (χ0) is 22.6. The summed E-state index contributed by atoms with van der Waals surface area (Å²) >= 11 is 1.33. The first-order chi connectivity index (χ1) is 14.6. The predicted molar refractivity (Wildman–Crippen MR) is 121 cm³/mol.